The molecule has 1 atom stereocenters. The summed E-state index contributed by atoms with van der Waals surface area (Å²) < 4.78 is 6.76. The Kier molecular flexibility index (Phi) is 5.42. The predicted octanol–water partition coefficient (Wildman–Crippen LogP) is 4.07. The minimum absolute atomic E-state index is 0.504. The molecule has 1 aromatic heterocycles. The number of rotatable bonds is 6. The van der Waals surface area contributed by atoms with Crippen LogP contribution in [0.4, 0.5) is 0 Å². The monoisotopic (exact) mass is 329 g/mol. The molecule has 0 amide bonds. The molecule has 1 N–H and O–H groups in total. The van der Waals surface area contributed by atoms with Crippen LogP contribution in [-0.2, 0) is 11.2 Å². The second-order valence-electron chi connectivity index (χ2n) is 4.84. The first-order valence-electron chi connectivity index (χ1n) is 6.40. The SMILES string of the molecule is C=C(C)COCCNC1CCCc2sc(Br)cc21. The number of nitrogens with one attached hydrogen (secondary N) is 1. The van der Waals surface area contributed by atoms with Crippen LogP contribution >= 0.6 is 27.3 Å². The van der Waals surface area contributed by atoms with Crippen LogP contribution in [0.1, 0.15) is 36.2 Å². The van der Waals surface area contributed by atoms with E-state index < -0.39 is 0 Å². The molecule has 0 saturated carbocycles. The maximum absolute atomic E-state index is 5.51. The standard InChI is InChI=1S/C14H20BrNOS/c1-10(2)9-17-7-6-16-12-4-3-5-13-11(12)8-14(15)18-13/h8,12,16H,1,3-7,9H2,2H3. The van der Waals surface area contributed by atoms with Crippen LogP contribution in [0.5, 0.6) is 0 Å². The minimum atomic E-state index is 0.504. The van der Waals surface area contributed by atoms with Crippen LogP contribution < -0.4 is 5.32 Å². The van der Waals surface area contributed by atoms with Crippen molar-refractivity contribution in [2.45, 2.75) is 32.2 Å². The third-order valence-electron chi connectivity index (χ3n) is 3.07. The molecule has 2 nitrogen and oxygen atoms in total. The highest BCUT2D eigenvalue weighted by Crippen LogP contribution is 2.37. The highest BCUT2D eigenvalue weighted by Gasteiger charge is 2.21. The maximum Gasteiger partial charge on any atom is 0.0704 e. The largest absolute Gasteiger partial charge is 0.376 e. The first-order chi connectivity index (χ1) is 8.66. The van der Waals surface area contributed by atoms with Crippen molar-refractivity contribution in [2.75, 3.05) is 19.8 Å². The molecule has 4 heteroatoms. The number of thiophene rings is 1. The van der Waals surface area contributed by atoms with Gasteiger partial charge in [-0.3, -0.25) is 0 Å². The highest BCUT2D eigenvalue weighted by atomic mass is 79.9. The summed E-state index contributed by atoms with van der Waals surface area (Å²) in [5, 5.41) is 3.60. The fourth-order valence-corrected chi connectivity index (χ4v) is 4.10. The van der Waals surface area contributed by atoms with Gasteiger partial charge in [-0.25, -0.2) is 0 Å². The molecular weight excluding hydrogens is 310 g/mol. The van der Waals surface area contributed by atoms with E-state index in [1.807, 2.05) is 18.3 Å². The van der Waals surface area contributed by atoms with Crippen molar-refractivity contribution in [3.63, 3.8) is 0 Å². The van der Waals surface area contributed by atoms with Gasteiger partial charge in [0.2, 0.25) is 0 Å². The smallest absolute Gasteiger partial charge is 0.0704 e. The van der Waals surface area contributed by atoms with Crippen LogP contribution in [0, 0.1) is 0 Å². The first-order valence-corrected chi connectivity index (χ1v) is 8.01. The van der Waals surface area contributed by atoms with Gasteiger partial charge in [-0.2, -0.15) is 0 Å². The van der Waals surface area contributed by atoms with Crippen LogP contribution in [-0.4, -0.2) is 19.8 Å². The Labute approximate surface area is 122 Å². The van der Waals surface area contributed by atoms with Crippen molar-refractivity contribution in [2.24, 2.45) is 0 Å². The van der Waals surface area contributed by atoms with Crippen LogP contribution in [0.2, 0.25) is 0 Å². The van der Waals surface area contributed by atoms with Gasteiger partial charge in [0.1, 0.15) is 0 Å². The van der Waals surface area contributed by atoms with Crippen molar-refractivity contribution < 1.29 is 4.74 Å². The van der Waals surface area contributed by atoms with Crippen molar-refractivity contribution in [3.8, 4) is 0 Å². The Morgan fingerprint density at radius 2 is 2.50 bits per heavy atom. The zero-order valence-electron chi connectivity index (χ0n) is 10.8. The summed E-state index contributed by atoms with van der Waals surface area (Å²) in [5.74, 6) is 0. The molecule has 0 spiro atoms. The number of hydrogen-bond acceptors (Lipinski definition) is 3. The third kappa shape index (κ3) is 3.92. The quantitative estimate of drug-likeness (QED) is 0.627. The Morgan fingerprint density at radius 3 is 3.28 bits per heavy atom. The molecule has 1 aliphatic carbocycles. The van der Waals surface area contributed by atoms with Gasteiger partial charge in [0.05, 0.1) is 17.0 Å². The number of ether oxygens (including phenoxy) is 1. The zero-order valence-corrected chi connectivity index (χ0v) is 13.2. The molecule has 1 unspecified atom stereocenters. The molecule has 100 valence electrons. The lowest BCUT2D eigenvalue weighted by Gasteiger charge is -2.23. The van der Waals surface area contributed by atoms with Crippen molar-refractivity contribution in [3.05, 3.63) is 32.4 Å². The first kappa shape index (κ1) is 14.3. The van der Waals surface area contributed by atoms with Crippen molar-refractivity contribution >= 4 is 27.3 Å². The predicted molar refractivity (Wildman–Crippen MR) is 81.3 cm³/mol. The van der Waals surface area contributed by atoms with Gasteiger partial charge in [0.15, 0.2) is 0 Å². The molecule has 0 aliphatic heterocycles. The Morgan fingerprint density at radius 1 is 1.67 bits per heavy atom. The molecule has 18 heavy (non-hydrogen) atoms. The van der Waals surface area contributed by atoms with E-state index in [1.54, 1.807) is 0 Å². The Hall–Kier alpha value is -0.160. The Bertz CT molecular complexity index is 416. The summed E-state index contributed by atoms with van der Waals surface area (Å²) in [6.45, 7) is 8.15. The summed E-state index contributed by atoms with van der Waals surface area (Å²) in [6, 6.07) is 2.77. The van der Waals surface area contributed by atoms with Crippen molar-refractivity contribution in [1.82, 2.24) is 5.32 Å². The molecular formula is C14H20BrNOS. The van der Waals surface area contributed by atoms with Gasteiger partial charge in [0, 0.05) is 17.5 Å². The second-order valence-corrected chi connectivity index (χ2v) is 7.35. The van der Waals surface area contributed by atoms with Gasteiger partial charge in [0.25, 0.3) is 0 Å². The van der Waals surface area contributed by atoms with Gasteiger partial charge in [-0.05, 0) is 53.7 Å². The van der Waals surface area contributed by atoms with E-state index in [2.05, 4.69) is 33.9 Å². The molecule has 1 aromatic rings. The van der Waals surface area contributed by atoms with E-state index in [0.717, 1.165) is 18.7 Å². The molecule has 0 radical (unpaired) electrons. The van der Waals surface area contributed by atoms with Gasteiger partial charge in [-0.15, -0.1) is 11.3 Å². The summed E-state index contributed by atoms with van der Waals surface area (Å²) in [7, 11) is 0. The third-order valence-corrected chi connectivity index (χ3v) is 4.78. The molecule has 0 aromatic carbocycles. The molecule has 0 bridgehead atoms. The number of aryl methyl sites for hydroxylation is 1. The van der Waals surface area contributed by atoms with Gasteiger partial charge >= 0.3 is 0 Å². The number of hydrogen-bond donors (Lipinski definition) is 1. The molecule has 1 heterocycles. The van der Waals surface area contributed by atoms with E-state index in [9.17, 15) is 0 Å². The Balaban J connectivity index is 1.78. The summed E-state index contributed by atoms with van der Waals surface area (Å²) in [6.07, 6.45) is 3.75. The van der Waals surface area contributed by atoms with E-state index >= 15 is 0 Å². The molecule has 2 rings (SSSR count). The van der Waals surface area contributed by atoms with E-state index in [0.29, 0.717) is 12.6 Å². The normalized spacial score (nSPS) is 18.7. The number of fused-ring (bicyclic) bond motifs is 1. The lowest BCUT2D eigenvalue weighted by molar-refractivity contribution is 0.154. The molecule has 0 fully saturated rings. The average Bonchev–Trinajstić information content (AvgIpc) is 2.69. The van der Waals surface area contributed by atoms with Crippen LogP contribution in [0.25, 0.3) is 0 Å². The van der Waals surface area contributed by atoms with E-state index in [1.165, 1.54) is 33.5 Å². The van der Waals surface area contributed by atoms with Gasteiger partial charge < -0.3 is 10.1 Å². The number of halogens is 1. The summed E-state index contributed by atoms with van der Waals surface area (Å²) in [4.78, 5) is 1.54. The fourth-order valence-electron chi connectivity index (χ4n) is 2.29. The maximum atomic E-state index is 5.51. The topological polar surface area (TPSA) is 21.3 Å². The fraction of sp³-hybridized carbons (Fsp3) is 0.571. The zero-order chi connectivity index (χ0) is 13.0. The molecule has 0 saturated heterocycles. The molecule has 1 aliphatic rings. The lowest BCUT2D eigenvalue weighted by Crippen LogP contribution is -2.27. The average molecular weight is 330 g/mol. The van der Waals surface area contributed by atoms with Crippen molar-refractivity contribution in [1.29, 1.82) is 0 Å². The highest BCUT2D eigenvalue weighted by molar-refractivity contribution is 9.11. The van der Waals surface area contributed by atoms with Crippen LogP contribution in [0.3, 0.4) is 0 Å². The van der Waals surface area contributed by atoms with E-state index in [4.69, 9.17) is 4.74 Å². The summed E-state index contributed by atoms with van der Waals surface area (Å²) in [5.41, 5.74) is 2.56. The second kappa shape index (κ2) is 6.85. The van der Waals surface area contributed by atoms with Gasteiger partial charge in [-0.1, -0.05) is 12.2 Å². The minimum Gasteiger partial charge on any atom is -0.376 e. The van der Waals surface area contributed by atoms with E-state index in [-0.39, 0.29) is 0 Å². The van der Waals surface area contributed by atoms with Crippen LogP contribution in [0.15, 0.2) is 22.0 Å². The summed E-state index contributed by atoms with van der Waals surface area (Å²) >= 11 is 5.46. The lowest BCUT2D eigenvalue weighted by atomic mass is 9.94.